The van der Waals surface area contributed by atoms with Crippen LogP contribution in [0.3, 0.4) is 0 Å². The third-order valence-electron chi connectivity index (χ3n) is 3.07. The van der Waals surface area contributed by atoms with Crippen molar-refractivity contribution in [2.24, 2.45) is 5.92 Å². The second kappa shape index (κ2) is 4.98. The molecule has 0 amide bonds. The van der Waals surface area contributed by atoms with Crippen LogP contribution in [-0.2, 0) is 0 Å². The number of rotatable bonds is 3. The minimum absolute atomic E-state index is 0.142. The van der Waals surface area contributed by atoms with Gasteiger partial charge in [-0.05, 0) is 45.1 Å². The van der Waals surface area contributed by atoms with Crippen molar-refractivity contribution in [1.29, 1.82) is 0 Å². The summed E-state index contributed by atoms with van der Waals surface area (Å²) in [5, 5.41) is 18.9. The fourth-order valence-corrected chi connectivity index (χ4v) is 2.01. The first-order valence-electron chi connectivity index (χ1n) is 5.25. The van der Waals surface area contributed by atoms with E-state index >= 15 is 0 Å². The van der Waals surface area contributed by atoms with Crippen LogP contribution in [0.25, 0.3) is 0 Å². The molecule has 3 nitrogen and oxygen atoms in total. The molecule has 1 heterocycles. The van der Waals surface area contributed by atoms with Gasteiger partial charge in [0.25, 0.3) is 0 Å². The van der Waals surface area contributed by atoms with Crippen LogP contribution in [0.4, 0.5) is 0 Å². The van der Waals surface area contributed by atoms with Gasteiger partial charge in [-0.3, -0.25) is 0 Å². The Balaban J connectivity index is 2.30. The molecule has 0 bridgehead atoms. The van der Waals surface area contributed by atoms with Crippen LogP contribution in [0.15, 0.2) is 0 Å². The van der Waals surface area contributed by atoms with Gasteiger partial charge in [-0.15, -0.1) is 0 Å². The number of aliphatic hydroxyl groups excluding tert-OH is 1. The molecule has 1 aliphatic rings. The Hall–Kier alpha value is -0.0551. The smallest absolute Gasteiger partial charge is 0.376 e. The highest BCUT2D eigenvalue weighted by Crippen LogP contribution is 2.22. The lowest BCUT2D eigenvalue weighted by Gasteiger charge is -2.34. The van der Waals surface area contributed by atoms with Crippen LogP contribution in [0.1, 0.15) is 26.2 Å². The van der Waals surface area contributed by atoms with Gasteiger partial charge in [0, 0.05) is 0 Å². The number of piperidine rings is 1. The lowest BCUT2D eigenvalue weighted by molar-refractivity contribution is 0.0703. The van der Waals surface area contributed by atoms with E-state index in [1.807, 2.05) is 6.92 Å². The summed E-state index contributed by atoms with van der Waals surface area (Å²) in [5.41, 5.74) is 0. The zero-order valence-electron chi connectivity index (χ0n) is 8.61. The maximum atomic E-state index is 9.63. The van der Waals surface area contributed by atoms with Crippen molar-refractivity contribution in [3.8, 4) is 0 Å². The maximum absolute atomic E-state index is 9.63. The Bertz CT molecular complexity index is 147. The normalized spacial score (nSPS) is 23.1. The number of nitrogens with zero attached hydrogens (tertiary/aromatic N) is 1. The predicted octanol–water partition coefficient (Wildman–Crippen LogP) is 0.580. The SMILES string of the molecule is CCC(O)C1CCN(B(C)O)CC1. The van der Waals surface area contributed by atoms with Gasteiger partial charge in [0.2, 0.25) is 0 Å². The summed E-state index contributed by atoms with van der Waals surface area (Å²) in [6.45, 7) is 5.65. The number of aliphatic hydroxyl groups is 1. The summed E-state index contributed by atoms with van der Waals surface area (Å²) >= 11 is 0. The molecule has 1 atom stereocenters. The summed E-state index contributed by atoms with van der Waals surface area (Å²) in [7, 11) is -0.334. The fourth-order valence-electron chi connectivity index (χ4n) is 2.01. The van der Waals surface area contributed by atoms with Crippen LogP contribution in [0.2, 0.25) is 6.82 Å². The molecule has 1 unspecified atom stereocenters. The molecule has 0 aliphatic carbocycles. The van der Waals surface area contributed by atoms with Gasteiger partial charge in [-0.1, -0.05) is 6.92 Å². The summed E-state index contributed by atoms with van der Waals surface area (Å²) in [5.74, 6) is 0.444. The Morgan fingerprint density at radius 1 is 1.46 bits per heavy atom. The van der Waals surface area contributed by atoms with Crippen molar-refractivity contribution in [2.45, 2.75) is 39.1 Å². The van der Waals surface area contributed by atoms with Crippen molar-refractivity contribution in [2.75, 3.05) is 13.1 Å². The molecule has 0 saturated carbocycles. The molecule has 1 fully saturated rings. The van der Waals surface area contributed by atoms with Crippen LogP contribution < -0.4 is 0 Å². The maximum Gasteiger partial charge on any atom is 0.376 e. The highest BCUT2D eigenvalue weighted by atomic mass is 16.3. The zero-order valence-corrected chi connectivity index (χ0v) is 8.61. The van der Waals surface area contributed by atoms with Gasteiger partial charge < -0.3 is 14.9 Å². The van der Waals surface area contributed by atoms with Crippen molar-refractivity contribution >= 4 is 7.05 Å². The molecular formula is C9H20BNO2. The van der Waals surface area contributed by atoms with Gasteiger partial charge >= 0.3 is 7.05 Å². The molecule has 2 N–H and O–H groups in total. The standard InChI is InChI=1S/C9H20BNO2/c1-3-9(12)8-4-6-11(7-5-8)10(2)13/h8-9,12-13H,3-7H2,1-2H3. The van der Waals surface area contributed by atoms with Crippen LogP contribution in [-0.4, -0.2) is 41.2 Å². The van der Waals surface area contributed by atoms with E-state index in [9.17, 15) is 10.1 Å². The van der Waals surface area contributed by atoms with Gasteiger partial charge in [0.05, 0.1) is 6.10 Å². The molecule has 0 aromatic rings. The molecule has 0 radical (unpaired) electrons. The molecule has 0 aromatic heterocycles. The molecule has 76 valence electrons. The molecule has 1 aliphatic heterocycles. The van der Waals surface area contributed by atoms with E-state index in [0.29, 0.717) is 5.92 Å². The highest BCUT2D eigenvalue weighted by Gasteiger charge is 2.26. The van der Waals surface area contributed by atoms with Gasteiger partial charge in [-0.25, -0.2) is 0 Å². The van der Waals surface area contributed by atoms with E-state index in [-0.39, 0.29) is 13.2 Å². The van der Waals surface area contributed by atoms with Gasteiger partial charge in [0.1, 0.15) is 0 Å². The molecular weight excluding hydrogens is 165 g/mol. The second-order valence-electron chi connectivity index (χ2n) is 3.98. The monoisotopic (exact) mass is 185 g/mol. The van der Waals surface area contributed by atoms with E-state index in [1.165, 1.54) is 0 Å². The quantitative estimate of drug-likeness (QED) is 0.632. The lowest BCUT2D eigenvalue weighted by atomic mass is 9.79. The second-order valence-corrected chi connectivity index (χ2v) is 3.98. The Morgan fingerprint density at radius 2 is 2.00 bits per heavy atom. The Morgan fingerprint density at radius 3 is 2.38 bits per heavy atom. The average Bonchev–Trinajstić information content (AvgIpc) is 2.17. The Kier molecular flexibility index (Phi) is 4.23. The van der Waals surface area contributed by atoms with Crippen molar-refractivity contribution in [3.05, 3.63) is 0 Å². The first-order chi connectivity index (χ1) is 6.15. The minimum atomic E-state index is -0.334. The lowest BCUT2D eigenvalue weighted by Crippen LogP contribution is -2.44. The zero-order chi connectivity index (χ0) is 9.84. The predicted molar refractivity (Wildman–Crippen MR) is 54.4 cm³/mol. The molecule has 13 heavy (non-hydrogen) atoms. The number of hydrogen-bond acceptors (Lipinski definition) is 3. The largest absolute Gasteiger partial charge is 0.437 e. The molecule has 1 saturated heterocycles. The van der Waals surface area contributed by atoms with Crippen molar-refractivity contribution in [3.63, 3.8) is 0 Å². The molecule has 1 rings (SSSR count). The van der Waals surface area contributed by atoms with Crippen molar-refractivity contribution in [1.82, 2.24) is 4.81 Å². The third kappa shape index (κ3) is 2.97. The average molecular weight is 185 g/mol. The third-order valence-corrected chi connectivity index (χ3v) is 3.07. The topological polar surface area (TPSA) is 43.7 Å². The van der Waals surface area contributed by atoms with Crippen LogP contribution >= 0.6 is 0 Å². The molecule has 0 aromatic carbocycles. The molecule has 0 spiro atoms. The highest BCUT2D eigenvalue weighted by molar-refractivity contribution is 6.45. The van der Waals surface area contributed by atoms with Gasteiger partial charge in [-0.2, -0.15) is 0 Å². The fraction of sp³-hybridized carbons (Fsp3) is 1.00. The summed E-state index contributed by atoms with van der Waals surface area (Å²) < 4.78 is 0. The summed E-state index contributed by atoms with van der Waals surface area (Å²) in [4.78, 5) is 2.05. The van der Waals surface area contributed by atoms with Gasteiger partial charge in [0.15, 0.2) is 0 Å². The van der Waals surface area contributed by atoms with Crippen molar-refractivity contribution < 1.29 is 10.1 Å². The molecule has 4 heteroatoms. The van der Waals surface area contributed by atoms with E-state index in [1.54, 1.807) is 6.82 Å². The first kappa shape index (κ1) is 11.0. The summed E-state index contributed by atoms with van der Waals surface area (Å²) in [6.07, 6.45) is 2.73. The van der Waals surface area contributed by atoms with Crippen LogP contribution in [0.5, 0.6) is 0 Å². The van der Waals surface area contributed by atoms with E-state index in [2.05, 4.69) is 4.81 Å². The van der Waals surface area contributed by atoms with Crippen LogP contribution in [0, 0.1) is 5.92 Å². The van der Waals surface area contributed by atoms with E-state index in [4.69, 9.17) is 0 Å². The van der Waals surface area contributed by atoms with E-state index in [0.717, 1.165) is 32.4 Å². The van der Waals surface area contributed by atoms with E-state index < -0.39 is 0 Å². The first-order valence-corrected chi connectivity index (χ1v) is 5.25. The minimum Gasteiger partial charge on any atom is -0.437 e. The number of hydrogen-bond donors (Lipinski definition) is 2. The summed E-state index contributed by atoms with van der Waals surface area (Å²) in [6, 6.07) is 0. The Labute approximate surface area is 80.9 Å².